The number of carbonyl (C=O) groups is 1. The lowest BCUT2D eigenvalue weighted by Crippen LogP contribution is -2.39. The average Bonchev–Trinajstić information content (AvgIpc) is 3.35. The summed E-state index contributed by atoms with van der Waals surface area (Å²) in [5, 5.41) is 13.3. The van der Waals surface area contributed by atoms with Crippen molar-refractivity contribution in [2.75, 3.05) is 18.6 Å². The molecule has 1 saturated heterocycles. The van der Waals surface area contributed by atoms with Crippen LogP contribution in [-0.2, 0) is 30.0 Å². The zero-order chi connectivity index (χ0) is 30.1. The van der Waals surface area contributed by atoms with E-state index in [1.807, 2.05) is 29.4 Å². The highest BCUT2D eigenvalue weighted by Gasteiger charge is 2.40. The molecule has 3 N–H and O–H groups in total. The Morgan fingerprint density at radius 2 is 1.90 bits per heavy atom. The van der Waals surface area contributed by atoms with Crippen LogP contribution in [0.25, 0.3) is 0 Å². The van der Waals surface area contributed by atoms with Crippen LogP contribution in [0.15, 0.2) is 76.4 Å². The van der Waals surface area contributed by atoms with Gasteiger partial charge in [0.25, 0.3) is 5.56 Å². The molecule has 1 aliphatic heterocycles. The third kappa shape index (κ3) is 8.63. The standard InChI is InChI=1S/C27H31FN3O9PS/c1-42-13-12-21(26(34)37-16-18-8-4-2-5-9-18)30-41(36,40-19-10-6-3-7-11-19)38-17-23-22(32)14-24(39-23)31-15-20(28)25(33)29-27(31)35/h2-11,15,21-24,32H,12-14,16-17H2,1H3,(H,30,36)(H,29,33,35)/t21-,22?,23+,24+,41?/m0/s1. The summed E-state index contributed by atoms with van der Waals surface area (Å²) in [5.41, 5.74) is -1.33. The SMILES string of the molecule is CSCC[C@H](NP(=O)(OC[C@H]1O[C@@H](n2cc(F)c(=O)[nH]c2=O)CC1O)Oc1ccccc1)C(=O)OCc1ccccc1. The molecule has 0 radical (unpaired) electrons. The molecule has 2 aromatic carbocycles. The maximum Gasteiger partial charge on any atom is 0.459 e. The minimum atomic E-state index is -4.31. The van der Waals surface area contributed by atoms with Gasteiger partial charge in [-0.2, -0.15) is 21.2 Å². The summed E-state index contributed by atoms with van der Waals surface area (Å²) >= 11 is 1.48. The van der Waals surface area contributed by atoms with Gasteiger partial charge in [0.2, 0.25) is 5.82 Å². The fourth-order valence-electron chi connectivity index (χ4n) is 4.08. The minimum Gasteiger partial charge on any atom is -0.460 e. The van der Waals surface area contributed by atoms with E-state index in [0.29, 0.717) is 11.9 Å². The van der Waals surface area contributed by atoms with Gasteiger partial charge < -0.3 is 19.1 Å². The number of ether oxygens (including phenoxy) is 2. The molecule has 42 heavy (non-hydrogen) atoms. The van der Waals surface area contributed by atoms with Crippen molar-refractivity contribution in [2.24, 2.45) is 0 Å². The number of para-hydroxylation sites is 1. The number of rotatable bonds is 14. The molecule has 0 amide bonds. The molecule has 0 aliphatic carbocycles. The van der Waals surface area contributed by atoms with E-state index >= 15 is 0 Å². The third-order valence-electron chi connectivity index (χ3n) is 6.25. The van der Waals surface area contributed by atoms with Gasteiger partial charge in [-0.3, -0.25) is 23.7 Å². The molecule has 2 unspecified atom stereocenters. The second-order valence-corrected chi connectivity index (χ2v) is 12.0. The zero-order valence-corrected chi connectivity index (χ0v) is 24.3. The molecule has 0 saturated carbocycles. The number of halogens is 1. The summed E-state index contributed by atoms with van der Waals surface area (Å²) in [6, 6.07) is 16.2. The van der Waals surface area contributed by atoms with Gasteiger partial charge in [0.1, 0.15) is 30.7 Å². The molecule has 1 fully saturated rings. The Balaban J connectivity index is 1.49. The number of thioether (sulfide) groups is 1. The lowest BCUT2D eigenvalue weighted by atomic mass is 10.2. The van der Waals surface area contributed by atoms with Crippen molar-refractivity contribution in [3.05, 3.63) is 99.1 Å². The second kappa shape index (κ2) is 14.8. The topological polar surface area (TPSA) is 158 Å². The molecular weight excluding hydrogens is 592 g/mol. The number of hydrogen-bond donors (Lipinski definition) is 3. The van der Waals surface area contributed by atoms with Gasteiger partial charge in [0.15, 0.2) is 0 Å². The first-order valence-corrected chi connectivity index (χ1v) is 15.9. The predicted octanol–water partition coefficient (Wildman–Crippen LogP) is 2.98. The number of carbonyl (C=O) groups excluding carboxylic acids is 1. The van der Waals surface area contributed by atoms with E-state index in [2.05, 4.69) is 5.09 Å². The summed E-state index contributed by atoms with van der Waals surface area (Å²) in [6.45, 7) is -0.473. The van der Waals surface area contributed by atoms with Crippen LogP contribution in [0, 0.1) is 5.82 Å². The van der Waals surface area contributed by atoms with Crippen molar-refractivity contribution in [1.29, 1.82) is 0 Å². The highest BCUT2D eigenvalue weighted by molar-refractivity contribution is 7.98. The molecule has 4 rings (SSSR count). The van der Waals surface area contributed by atoms with E-state index in [4.69, 9.17) is 18.5 Å². The van der Waals surface area contributed by atoms with E-state index in [1.165, 1.54) is 11.8 Å². The van der Waals surface area contributed by atoms with Crippen LogP contribution in [-0.4, -0.2) is 57.5 Å². The molecule has 226 valence electrons. The lowest BCUT2D eigenvalue weighted by Gasteiger charge is -2.26. The van der Waals surface area contributed by atoms with Crippen LogP contribution >= 0.6 is 19.5 Å². The van der Waals surface area contributed by atoms with E-state index < -0.39 is 61.9 Å². The first-order valence-electron chi connectivity index (χ1n) is 13.0. The Hall–Kier alpha value is -3.26. The molecule has 15 heteroatoms. The molecule has 0 bridgehead atoms. The molecule has 5 atom stereocenters. The second-order valence-electron chi connectivity index (χ2n) is 9.33. The van der Waals surface area contributed by atoms with E-state index in [-0.39, 0.29) is 25.2 Å². The summed E-state index contributed by atoms with van der Waals surface area (Å²) in [4.78, 5) is 38.4. The maximum absolute atomic E-state index is 14.0. The van der Waals surface area contributed by atoms with E-state index in [1.54, 1.807) is 42.5 Å². The van der Waals surface area contributed by atoms with Crippen molar-refractivity contribution in [2.45, 2.75) is 43.9 Å². The Morgan fingerprint density at radius 1 is 1.21 bits per heavy atom. The molecule has 0 spiro atoms. The molecule has 1 aliphatic rings. The van der Waals surface area contributed by atoms with Crippen LogP contribution in [0.2, 0.25) is 0 Å². The van der Waals surface area contributed by atoms with E-state index in [9.17, 15) is 28.4 Å². The fraction of sp³-hybridized carbons (Fsp3) is 0.370. The Morgan fingerprint density at radius 3 is 2.60 bits per heavy atom. The van der Waals surface area contributed by atoms with Gasteiger partial charge in [-0.25, -0.2) is 9.36 Å². The van der Waals surface area contributed by atoms with Gasteiger partial charge in [-0.1, -0.05) is 48.5 Å². The van der Waals surface area contributed by atoms with E-state index in [0.717, 1.165) is 10.1 Å². The van der Waals surface area contributed by atoms with Crippen molar-refractivity contribution in [1.82, 2.24) is 14.6 Å². The first-order chi connectivity index (χ1) is 20.2. The summed E-state index contributed by atoms with van der Waals surface area (Å²) in [7, 11) is -4.31. The lowest BCUT2D eigenvalue weighted by molar-refractivity contribution is -0.147. The van der Waals surface area contributed by atoms with Crippen molar-refractivity contribution >= 4 is 25.5 Å². The highest BCUT2D eigenvalue weighted by atomic mass is 32.2. The first kappa shape index (κ1) is 31.7. The molecule has 12 nitrogen and oxygen atoms in total. The molecule has 3 aromatic rings. The van der Waals surface area contributed by atoms with Crippen molar-refractivity contribution in [3.8, 4) is 5.75 Å². The van der Waals surface area contributed by atoms with Gasteiger partial charge in [0, 0.05) is 6.42 Å². The number of aromatic amines is 1. The van der Waals surface area contributed by atoms with Crippen molar-refractivity contribution < 1.29 is 37.4 Å². The Kier molecular flexibility index (Phi) is 11.1. The molecule has 2 heterocycles. The Bertz CT molecular complexity index is 1490. The van der Waals surface area contributed by atoms with Crippen LogP contribution < -0.4 is 20.9 Å². The summed E-state index contributed by atoms with van der Waals surface area (Å²) < 4.78 is 51.2. The van der Waals surface area contributed by atoms with Crippen LogP contribution in [0.3, 0.4) is 0 Å². The molecular formula is C27H31FN3O9PS. The van der Waals surface area contributed by atoms with Gasteiger partial charge >= 0.3 is 19.4 Å². The largest absolute Gasteiger partial charge is 0.460 e. The number of aliphatic hydroxyl groups is 1. The average molecular weight is 624 g/mol. The quantitative estimate of drug-likeness (QED) is 0.179. The van der Waals surface area contributed by atoms with Gasteiger partial charge in [-0.05, 0) is 36.1 Å². The van der Waals surface area contributed by atoms with Gasteiger partial charge in [0.05, 0.1) is 18.9 Å². The normalized spacial score (nSPS) is 20.5. The zero-order valence-electron chi connectivity index (χ0n) is 22.6. The molecule has 1 aromatic heterocycles. The minimum absolute atomic E-state index is 0.00995. The number of nitrogens with zero attached hydrogens (tertiary/aromatic N) is 1. The number of aliphatic hydroxyl groups excluding tert-OH is 1. The van der Waals surface area contributed by atoms with Crippen LogP contribution in [0.5, 0.6) is 5.75 Å². The number of nitrogens with one attached hydrogen (secondary N) is 2. The van der Waals surface area contributed by atoms with Crippen LogP contribution in [0.1, 0.15) is 24.6 Å². The third-order valence-corrected chi connectivity index (χ3v) is 8.46. The predicted molar refractivity (Wildman–Crippen MR) is 153 cm³/mol. The van der Waals surface area contributed by atoms with Crippen LogP contribution in [0.4, 0.5) is 4.39 Å². The highest BCUT2D eigenvalue weighted by Crippen LogP contribution is 2.46. The number of esters is 1. The summed E-state index contributed by atoms with van der Waals surface area (Å²) in [5.74, 6) is -1.14. The number of aromatic nitrogens is 2. The smallest absolute Gasteiger partial charge is 0.459 e. The van der Waals surface area contributed by atoms with Gasteiger partial charge in [-0.15, -0.1) is 0 Å². The van der Waals surface area contributed by atoms with Crippen molar-refractivity contribution in [3.63, 3.8) is 0 Å². The summed E-state index contributed by atoms with van der Waals surface area (Å²) in [6.07, 6.45) is -0.796. The number of H-pyrrole nitrogens is 1. The monoisotopic (exact) mass is 623 g/mol. The number of benzene rings is 2. The maximum atomic E-state index is 14.0. The number of hydrogen-bond acceptors (Lipinski definition) is 10. The Labute approximate surface area is 244 Å². The fourth-order valence-corrected chi connectivity index (χ4v) is 6.09.